The second-order valence-corrected chi connectivity index (χ2v) is 7.36. The van der Waals surface area contributed by atoms with Crippen molar-refractivity contribution in [3.63, 3.8) is 0 Å². The Bertz CT molecular complexity index is 850. The zero-order valence-electron chi connectivity index (χ0n) is 16.6. The summed E-state index contributed by atoms with van der Waals surface area (Å²) in [5, 5.41) is 3.03. The number of hydrogen-bond acceptors (Lipinski definition) is 3. The van der Waals surface area contributed by atoms with E-state index in [9.17, 15) is 9.59 Å². The van der Waals surface area contributed by atoms with Gasteiger partial charge in [-0.15, -0.1) is 0 Å². The number of aryl methyl sites for hydroxylation is 2. The van der Waals surface area contributed by atoms with E-state index in [0.717, 1.165) is 22.8 Å². The van der Waals surface area contributed by atoms with Crippen LogP contribution in [0.5, 0.6) is 5.75 Å². The molecule has 1 aromatic heterocycles. The van der Waals surface area contributed by atoms with E-state index in [1.807, 2.05) is 58.0 Å². The van der Waals surface area contributed by atoms with Gasteiger partial charge in [-0.3, -0.25) is 9.59 Å². The number of ether oxygens (including phenoxy) is 1. The van der Waals surface area contributed by atoms with Crippen LogP contribution in [0.25, 0.3) is 5.69 Å². The zero-order valence-corrected chi connectivity index (χ0v) is 16.6. The number of carbonyl (C=O) groups is 2. The molecule has 1 aromatic carbocycles. The van der Waals surface area contributed by atoms with E-state index in [-0.39, 0.29) is 30.2 Å². The monoisotopic (exact) mass is 369 g/mol. The van der Waals surface area contributed by atoms with Crippen molar-refractivity contribution in [2.24, 2.45) is 5.92 Å². The average molecular weight is 369 g/mol. The van der Waals surface area contributed by atoms with E-state index in [4.69, 9.17) is 4.74 Å². The van der Waals surface area contributed by atoms with E-state index < -0.39 is 0 Å². The van der Waals surface area contributed by atoms with Crippen LogP contribution >= 0.6 is 0 Å². The molecule has 27 heavy (non-hydrogen) atoms. The molecule has 1 aliphatic rings. The Morgan fingerprint density at radius 2 is 1.85 bits per heavy atom. The molecule has 144 valence electrons. The second-order valence-electron chi connectivity index (χ2n) is 7.36. The third-order valence-corrected chi connectivity index (χ3v) is 5.13. The highest BCUT2D eigenvalue weighted by Crippen LogP contribution is 2.30. The lowest BCUT2D eigenvalue weighted by molar-refractivity contribution is -0.129. The van der Waals surface area contributed by atoms with Gasteiger partial charge in [0.2, 0.25) is 11.8 Å². The molecule has 1 fully saturated rings. The molecule has 0 radical (unpaired) electrons. The van der Waals surface area contributed by atoms with Crippen LogP contribution < -0.4 is 10.1 Å². The Morgan fingerprint density at radius 1 is 1.19 bits per heavy atom. The molecule has 6 nitrogen and oxygen atoms in total. The van der Waals surface area contributed by atoms with Gasteiger partial charge in [0.1, 0.15) is 5.75 Å². The molecule has 1 N–H and O–H groups in total. The summed E-state index contributed by atoms with van der Waals surface area (Å²) in [7, 11) is 1.62. The number of aromatic nitrogens is 1. The number of hydrogen-bond donors (Lipinski definition) is 1. The van der Waals surface area contributed by atoms with Gasteiger partial charge in [0.25, 0.3) is 0 Å². The van der Waals surface area contributed by atoms with Crippen LogP contribution in [0.3, 0.4) is 0 Å². The highest BCUT2D eigenvalue weighted by molar-refractivity contribution is 5.98. The van der Waals surface area contributed by atoms with Gasteiger partial charge in [0.15, 0.2) is 0 Å². The van der Waals surface area contributed by atoms with E-state index in [1.54, 1.807) is 12.0 Å². The summed E-state index contributed by atoms with van der Waals surface area (Å²) in [5.74, 6) is 0.303. The lowest BCUT2D eigenvalue weighted by atomic mass is 10.1. The Balaban J connectivity index is 1.89. The largest absolute Gasteiger partial charge is 0.497 e. The SMILES string of the molecule is COc1ccc(NC(=O)[C@H]2CC(=O)N(C(C)C)C2)c(-n2c(C)ccc2C)c1. The number of benzene rings is 1. The highest BCUT2D eigenvalue weighted by atomic mass is 16.5. The number of likely N-dealkylation sites (tertiary alicyclic amines) is 1. The molecule has 1 aliphatic heterocycles. The molecule has 0 unspecified atom stereocenters. The maximum atomic E-state index is 12.8. The van der Waals surface area contributed by atoms with Crippen LogP contribution in [-0.4, -0.2) is 41.0 Å². The van der Waals surface area contributed by atoms with Gasteiger partial charge in [-0.25, -0.2) is 0 Å². The second kappa shape index (κ2) is 7.47. The Morgan fingerprint density at radius 3 is 2.41 bits per heavy atom. The number of rotatable bonds is 5. The molecule has 0 aliphatic carbocycles. The van der Waals surface area contributed by atoms with Gasteiger partial charge in [0, 0.05) is 36.5 Å². The van der Waals surface area contributed by atoms with Crippen molar-refractivity contribution >= 4 is 17.5 Å². The number of methoxy groups -OCH3 is 1. The molecule has 0 bridgehead atoms. The lowest BCUT2D eigenvalue weighted by Gasteiger charge is -2.21. The van der Waals surface area contributed by atoms with Crippen molar-refractivity contribution in [3.05, 3.63) is 41.7 Å². The van der Waals surface area contributed by atoms with Crippen molar-refractivity contribution < 1.29 is 14.3 Å². The molecule has 0 spiro atoms. The standard InChI is InChI=1S/C21H27N3O3/c1-13(2)23-12-16(10-20(23)25)21(26)22-18-9-8-17(27-5)11-19(18)24-14(3)6-7-15(24)4/h6-9,11,13,16H,10,12H2,1-5H3,(H,22,26)/t16-/m0/s1. The van der Waals surface area contributed by atoms with Gasteiger partial charge in [0.05, 0.1) is 24.4 Å². The first-order valence-electron chi connectivity index (χ1n) is 9.25. The summed E-state index contributed by atoms with van der Waals surface area (Å²) in [6.07, 6.45) is 0.261. The van der Waals surface area contributed by atoms with Gasteiger partial charge in [-0.05, 0) is 52.0 Å². The molecular formula is C21H27N3O3. The first-order valence-corrected chi connectivity index (χ1v) is 9.25. The quantitative estimate of drug-likeness (QED) is 0.880. The average Bonchev–Trinajstić information content (AvgIpc) is 3.18. The normalized spacial score (nSPS) is 16.9. The Hall–Kier alpha value is -2.76. The number of carbonyl (C=O) groups excluding carboxylic acids is 2. The van der Waals surface area contributed by atoms with Crippen molar-refractivity contribution in [2.75, 3.05) is 19.0 Å². The predicted octanol–water partition coefficient (Wildman–Crippen LogP) is 3.30. The molecule has 2 amide bonds. The van der Waals surface area contributed by atoms with Crippen LogP contribution in [0.4, 0.5) is 5.69 Å². The first-order chi connectivity index (χ1) is 12.8. The topological polar surface area (TPSA) is 63.6 Å². The minimum Gasteiger partial charge on any atom is -0.497 e. The van der Waals surface area contributed by atoms with Crippen LogP contribution in [0.15, 0.2) is 30.3 Å². The minimum atomic E-state index is -0.332. The summed E-state index contributed by atoms with van der Waals surface area (Å²) in [5.41, 5.74) is 3.70. The molecule has 1 atom stereocenters. The first kappa shape index (κ1) is 19.0. The fraction of sp³-hybridized carbons (Fsp3) is 0.429. The van der Waals surface area contributed by atoms with Gasteiger partial charge in [-0.2, -0.15) is 0 Å². The van der Waals surface area contributed by atoms with E-state index in [1.165, 1.54) is 0 Å². The summed E-state index contributed by atoms with van der Waals surface area (Å²) in [6.45, 7) is 8.45. The molecule has 1 saturated heterocycles. The summed E-state index contributed by atoms with van der Waals surface area (Å²) < 4.78 is 7.45. The Labute approximate surface area is 160 Å². The van der Waals surface area contributed by atoms with Crippen LogP contribution in [0, 0.1) is 19.8 Å². The fourth-order valence-corrected chi connectivity index (χ4v) is 3.62. The van der Waals surface area contributed by atoms with Crippen molar-refractivity contribution in [2.45, 2.75) is 40.2 Å². The number of amides is 2. The maximum absolute atomic E-state index is 12.8. The minimum absolute atomic E-state index is 0.0391. The Kier molecular flexibility index (Phi) is 5.26. The molecule has 2 aromatic rings. The van der Waals surface area contributed by atoms with Crippen molar-refractivity contribution in [1.82, 2.24) is 9.47 Å². The number of nitrogens with one attached hydrogen (secondary N) is 1. The highest BCUT2D eigenvalue weighted by Gasteiger charge is 2.35. The van der Waals surface area contributed by atoms with Gasteiger partial charge < -0.3 is 19.5 Å². The lowest BCUT2D eigenvalue weighted by Crippen LogP contribution is -2.33. The number of anilines is 1. The molecule has 2 heterocycles. The smallest absolute Gasteiger partial charge is 0.229 e. The maximum Gasteiger partial charge on any atom is 0.229 e. The fourth-order valence-electron chi connectivity index (χ4n) is 3.62. The van der Waals surface area contributed by atoms with Crippen LogP contribution in [0.2, 0.25) is 0 Å². The third-order valence-electron chi connectivity index (χ3n) is 5.13. The molecule has 3 rings (SSSR count). The molecule has 0 saturated carbocycles. The summed E-state index contributed by atoms with van der Waals surface area (Å²) >= 11 is 0. The molecular weight excluding hydrogens is 342 g/mol. The van der Waals surface area contributed by atoms with Crippen LogP contribution in [0.1, 0.15) is 31.7 Å². The third kappa shape index (κ3) is 3.70. The van der Waals surface area contributed by atoms with E-state index in [0.29, 0.717) is 12.2 Å². The van der Waals surface area contributed by atoms with Crippen LogP contribution in [-0.2, 0) is 9.59 Å². The van der Waals surface area contributed by atoms with Gasteiger partial charge >= 0.3 is 0 Å². The summed E-state index contributed by atoms with van der Waals surface area (Å²) in [4.78, 5) is 26.7. The molecule has 6 heteroatoms. The predicted molar refractivity (Wildman–Crippen MR) is 105 cm³/mol. The van der Waals surface area contributed by atoms with Gasteiger partial charge in [-0.1, -0.05) is 0 Å². The van der Waals surface area contributed by atoms with E-state index >= 15 is 0 Å². The summed E-state index contributed by atoms with van der Waals surface area (Å²) in [6, 6.07) is 9.77. The number of nitrogens with zero attached hydrogens (tertiary/aromatic N) is 2. The van der Waals surface area contributed by atoms with Crippen molar-refractivity contribution in [3.8, 4) is 11.4 Å². The van der Waals surface area contributed by atoms with E-state index in [2.05, 4.69) is 9.88 Å². The van der Waals surface area contributed by atoms with Crippen molar-refractivity contribution in [1.29, 1.82) is 0 Å². The zero-order chi connectivity index (χ0) is 19.7.